The molecule has 1 amide bonds. The summed E-state index contributed by atoms with van der Waals surface area (Å²) < 4.78 is 11.3. The number of hydrogen-bond acceptors (Lipinski definition) is 6. The predicted octanol–water partition coefficient (Wildman–Crippen LogP) is 4.96. The summed E-state index contributed by atoms with van der Waals surface area (Å²) in [5.41, 5.74) is 0.545. The lowest BCUT2D eigenvalue weighted by Crippen LogP contribution is -2.15. The van der Waals surface area contributed by atoms with Crippen molar-refractivity contribution in [2.75, 3.05) is 5.32 Å². The van der Waals surface area contributed by atoms with Crippen LogP contribution >= 0.6 is 0 Å². The number of para-hydroxylation sites is 2. The number of benzene rings is 3. The maximum atomic E-state index is 12.6. The highest BCUT2D eigenvalue weighted by Gasteiger charge is 2.19. The Morgan fingerprint density at radius 3 is 2.50 bits per heavy atom. The summed E-state index contributed by atoms with van der Waals surface area (Å²) in [6, 6.07) is 23.6. The van der Waals surface area contributed by atoms with E-state index in [1.165, 1.54) is 24.3 Å². The number of carboxylic acid groups (broad SMARTS) is 1. The lowest BCUT2D eigenvalue weighted by molar-refractivity contribution is 0.0698. The zero-order valence-electron chi connectivity index (χ0n) is 16.5. The molecule has 4 aromatic rings. The van der Waals surface area contributed by atoms with Crippen molar-refractivity contribution >= 4 is 17.6 Å². The van der Waals surface area contributed by atoms with Crippen LogP contribution in [-0.4, -0.2) is 22.1 Å². The lowest BCUT2D eigenvalue weighted by atomic mass is 10.1. The number of carbonyl (C=O) groups excluding carboxylic acids is 1. The van der Waals surface area contributed by atoms with Gasteiger partial charge in [0.25, 0.3) is 5.91 Å². The van der Waals surface area contributed by atoms with Crippen LogP contribution in [0.5, 0.6) is 11.5 Å². The van der Waals surface area contributed by atoms with Crippen LogP contribution in [0.3, 0.4) is 0 Å². The Labute approximate surface area is 182 Å². The van der Waals surface area contributed by atoms with E-state index in [1.54, 1.807) is 18.2 Å². The number of rotatable bonds is 6. The minimum atomic E-state index is -1.27. The molecule has 2 N–H and O–H groups in total. The van der Waals surface area contributed by atoms with Gasteiger partial charge in [0.05, 0.1) is 28.4 Å². The number of nitrogens with zero attached hydrogens (tertiary/aromatic N) is 2. The van der Waals surface area contributed by atoms with Gasteiger partial charge in [-0.05, 0) is 42.5 Å². The van der Waals surface area contributed by atoms with E-state index in [1.807, 2.05) is 42.5 Å². The summed E-state index contributed by atoms with van der Waals surface area (Å²) in [5, 5.41) is 24.6. The van der Waals surface area contributed by atoms with Crippen molar-refractivity contribution in [3.05, 3.63) is 95.7 Å². The number of hydrogen-bond donors (Lipinski definition) is 2. The fourth-order valence-electron chi connectivity index (χ4n) is 2.97. The number of nitriles is 1. The highest BCUT2D eigenvalue weighted by atomic mass is 16.5. The third kappa shape index (κ3) is 4.32. The quantitative estimate of drug-likeness (QED) is 0.447. The van der Waals surface area contributed by atoms with E-state index < -0.39 is 11.9 Å². The third-order valence-corrected chi connectivity index (χ3v) is 4.49. The SMILES string of the molecule is N#Cc1ccc(NC(=O)c2cc(-c3ccccc3Oc3ccccc3)on2)c(C(=O)O)c1. The first-order valence-electron chi connectivity index (χ1n) is 9.43. The third-order valence-electron chi connectivity index (χ3n) is 4.49. The molecule has 1 aromatic heterocycles. The highest BCUT2D eigenvalue weighted by Crippen LogP contribution is 2.33. The van der Waals surface area contributed by atoms with Crippen LogP contribution in [0.25, 0.3) is 11.3 Å². The van der Waals surface area contributed by atoms with Crippen molar-refractivity contribution < 1.29 is 24.0 Å². The van der Waals surface area contributed by atoms with Gasteiger partial charge in [-0.2, -0.15) is 5.26 Å². The molecule has 4 rings (SSSR count). The molecule has 0 aliphatic rings. The molecule has 156 valence electrons. The van der Waals surface area contributed by atoms with Crippen LogP contribution in [0, 0.1) is 11.3 Å². The van der Waals surface area contributed by atoms with Crippen molar-refractivity contribution in [2.45, 2.75) is 0 Å². The van der Waals surface area contributed by atoms with Gasteiger partial charge in [0, 0.05) is 6.07 Å². The Morgan fingerprint density at radius 2 is 1.75 bits per heavy atom. The highest BCUT2D eigenvalue weighted by molar-refractivity contribution is 6.07. The standard InChI is InChI=1S/C24H15N3O5/c25-14-15-10-11-19(18(12-15)24(29)30)26-23(28)20-13-22(32-27-20)17-8-4-5-9-21(17)31-16-6-2-1-3-7-16/h1-13H,(H,26,28)(H,29,30). The molecule has 0 unspecified atom stereocenters. The van der Waals surface area contributed by atoms with Crippen molar-refractivity contribution in [3.8, 4) is 28.9 Å². The van der Waals surface area contributed by atoms with Crippen LogP contribution in [-0.2, 0) is 0 Å². The largest absolute Gasteiger partial charge is 0.478 e. The molecule has 0 radical (unpaired) electrons. The van der Waals surface area contributed by atoms with E-state index in [9.17, 15) is 14.7 Å². The smallest absolute Gasteiger partial charge is 0.337 e. The molecule has 0 atom stereocenters. The zero-order chi connectivity index (χ0) is 22.5. The number of anilines is 1. The van der Waals surface area contributed by atoms with Gasteiger partial charge in [-0.1, -0.05) is 35.5 Å². The van der Waals surface area contributed by atoms with Gasteiger partial charge in [-0.3, -0.25) is 4.79 Å². The molecule has 32 heavy (non-hydrogen) atoms. The molecule has 0 saturated heterocycles. The van der Waals surface area contributed by atoms with Gasteiger partial charge in [0.15, 0.2) is 11.5 Å². The summed E-state index contributed by atoms with van der Waals surface area (Å²) in [5.74, 6) is -0.472. The van der Waals surface area contributed by atoms with E-state index in [0.717, 1.165) is 0 Å². The second-order valence-corrected chi connectivity index (χ2v) is 6.62. The molecular formula is C24H15N3O5. The molecule has 0 saturated carbocycles. The van der Waals surface area contributed by atoms with Crippen molar-refractivity contribution in [1.29, 1.82) is 5.26 Å². The van der Waals surface area contributed by atoms with Gasteiger partial charge in [-0.25, -0.2) is 4.79 Å². The number of carbonyl (C=O) groups is 2. The van der Waals surface area contributed by atoms with Gasteiger partial charge >= 0.3 is 5.97 Å². The number of aromatic carboxylic acids is 1. The summed E-state index contributed by atoms with van der Waals surface area (Å²) in [6.45, 7) is 0. The van der Waals surface area contributed by atoms with Gasteiger partial charge in [-0.15, -0.1) is 0 Å². The van der Waals surface area contributed by atoms with Crippen molar-refractivity contribution in [3.63, 3.8) is 0 Å². The van der Waals surface area contributed by atoms with Crippen LogP contribution in [0.15, 0.2) is 83.4 Å². The monoisotopic (exact) mass is 425 g/mol. The maximum absolute atomic E-state index is 12.6. The molecule has 3 aromatic carbocycles. The van der Waals surface area contributed by atoms with Crippen LogP contribution in [0.4, 0.5) is 5.69 Å². The predicted molar refractivity (Wildman–Crippen MR) is 115 cm³/mol. The Hall–Kier alpha value is -4.90. The van der Waals surface area contributed by atoms with E-state index in [0.29, 0.717) is 22.8 Å². The van der Waals surface area contributed by atoms with Gasteiger partial charge in [0.1, 0.15) is 11.5 Å². The molecule has 8 nitrogen and oxygen atoms in total. The first kappa shape index (κ1) is 20.4. The fourth-order valence-corrected chi connectivity index (χ4v) is 2.97. The minimum absolute atomic E-state index is 0.0406. The summed E-state index contributed by atoms with van der Waals surface area (Å²) in [4.78, 5) is 24.1. The Bertz CT molecular complexity index is 1340. The van der Waals surface area contributed by atoms with Crippen molar-refractivity contribution in [2.24, 2.45) is 0 Å². The zero-order valence-corrected chi connectivity index (χ0v) is 16.5. The van der Waals surface area contributed by atoms with Gasteiger partial charge < -0.3 is 19.7 Å². The summed E-state index contributed by atoms with van der Waals surface area (Å²) >= 11 is 0. The number of carboxylic acids is 1. The second kappa shape index (κ2) is 8.85. The molecule has 0 aliphatic carbocycles. The van der Waals surface area contributed by atoms with Crippen LogP contribution in [0.1, 0.15) is 26.4 Å². The first-order chi connectivity index (χ1) is 15.5. The number of nitrogens with one attached hydrogen (secondary N) is 1. The summed E-state index contributed by atoms with van der Waals surface area (Å²) in [6.07, 6.45) is 0. The van der Waals surface area contributed by atoms with Crippen LogP contribution < -0.4 is 10.1 Å². The van der Waals surface area contributed by atoms with Crippen LogP contribution in [0.2, 0.25) is 0 Å². The van der Waals surface area contributed by atoms with E-state index in [4.69, 9.17) is 14.5 Å². The Balaban J connectivity index is 1.59. The fraction of sp³-hybridized carbons (Fsp3) is 0. The maximum Gasteiger partial charge on any atom is 0.337 e. The molecule has 0 spiro atoms. The normalized spacial score (nSPS) is 10.2. The van der Waals surface area contributed by atoms with Crippen molar-refractivity contribution in [1.82, 2.24) is 5.16 Å². The Kier molecular flexibility index (Phi) is 5.64. The molecule has 0 aliphatic heterocycles. The molecular weight excluding hydrogens is 410 g/mol. The van der Waals surface area contributed by atoms with E-state index >= 15 is 0 Å². The lowest BCUT2D eigenvalue weighted by Gasteiger charge is -2.08. The molecule has 0 fully saturated rings. The number of amides is 1. The Morgan fingerprint density at radius 1 is 1.00 bits per heavy atom. The second-order valence-electron chi connectivity index (χ2n) is 6.62. The first-order valence-corrected chi connectivity index (χ1v) is 9.43. The molecule has 8 heteroatoms. The number of aromatic nitrogens is 1. The average Bonchev–Trinajstić information content (AvgIpc) is 3.30. The number of ether oxygens (including phenoxy) is 1. The van der Waals surface area contributed by atoms with E-state index in [2.05, 4.69) is 10.5 Å². The molecule has 0 bridgehead atoms. The van der Waals surface area contributed by atoms with Gasteiger partial charge in [0.2, 0.25) is 0 Å². The summed E-state index contributed by atoms with van der Waals surface area (Å²) in [7, 11) is 0. The average molecular weight is 425 g/mol. The topological polar surface area (TPSA) is 125 Å². The molecule has 1 heterocycles. The minimum Gasteiger partial charge on any atom is -0.478 e. The van der Waals surface area contributed by atoms with E-state index in [-0.39, 0.29) is 22.5 Å².